The first-order valence-corrected chi connectivity index (χ1v) is 6.33. The summed E-state index contributed by atoms with van der Waals surface area (Å²) in [7, 11) is 0. The van der Waals surface area contributed by atoms with Gasteiger partial charge in [-0.2, -0.15) is 0 Å². The fourth-order valence-corrected chi connectivity index (χ4v) is 2.67. The summed E-state index contributed by atoms with van der Waals surface area (Å²) >= 11 is 0. The SMILES string of the molecule is O=C(O)CCCCCN1CC2CCC(C1)O2. The third-order valence-corrected chi connectivity index (χ3v) is 3.48. The van der Waals surface area contributed by atoms with E-state index in [0.717, 1.165) is 38.9 Å². The molecule has 0 spiro atoms. The molecule has 2 aliphatic rings. The summed E-state index contributed by atoms with van der Waals surface area (Å²) in [5.41, 5.74) is 0. The van der Waals surface area contributed by atoms with Crippen LogP contribution in [0.1, 0.15) is 38.5 Å². The Bertz CT molecular complexity index is 232. The molecular formula is C12H21NO3. The van der Waals surface area contributed by atoms with E-state index in [2.05, 4.69) is 4.90 Å². The summed E-state index contributed by atoms with van der Waals surface area (Å²) in [6.07, 6.45) is 6.66. The predicted molar refractivity (Wildman–Crippen MR) is 60.4 cm³/mol. The number of hydrogen-bond acceptors (Lipinski definition) is 3. The van der Waals surface area contributed by atoms with E-state index in [0.29, 0.717) is 18.6 Å². The molecule has 4 nitrogen and oxygen atoms in total. The Labute approximate surface area is 96.6 Å². The number of morpholine rings is 1. The van der Waals surface area contributed by atoms with Crippen molar-refractivity contribution in [3.05, 3.63) is 0 Å². The fraction of sp³-hybridized carbons (Fsp3) is 0.917. The highest BCUT2D eigenvalue weighted by molar-refractivity contribution is 5.66. The minimum Gasteiger partial charge on any atom is -0.481 e. The zero-order chi connectivity index (χ0) is 11.4. The predicted octanol–water partition coefficient (Wildman–Crippen LogP) is 1.49. The number of unbranched alkanes of at least 4 members (excludes halogenated alkanes) is 2. The van der Waals surface area contributed by atoms with Crippen LogP contribution in [-0.4, -0.2) is 47.8 Å². The van der Waals surface area contributed by atoms with Crippen molar-refractivity contribution in [1.29, 1.82) is 0 Å². The van der Waals surface area contributed by atoms with Crippen LogP contribution < -0.4 is 0 Å². The van der Waals surface area contributed by atoms with Gasteiger partial charge in [-0.3, -0.25) is 9.69 Å². The number of carboxylic acid groups (broad SMARTS) is 1. The molecule has 2 atom stereocenters. The summed E-state index contributed by atoms with van der Waals surface area (Å²) in [6, 6.07) is 0. The van der Waals surface area contributed by atoms with Crippen LogP contribution in [0.5, 0.6) is 0 Å². The Morgan fingerprint density at radius 2 is 1.88 bits per heavy atom. The number of ether oxygens (including phenoxy) is 1. The van der Waals surface area contributed by atoms with Gasteiger partial charge in [-0.15, -0.1) is 0 Å². The van der Waals surface area contributed by atoms with Gasteiger partial charge in [0.25, 0.3) is 0 Å². The number of aliphatic carboxylic acids is 1. The fourth-order valence-electron chi connectivity index (χ4n) is 2.67. The van der Waals surface area contributed by atoms with Crippen molar-refractivity contribution in [2.75, 3.05) is 19.6 Å². The van der Waals surface area contributed by atoms with E-state index in [1.165, 1.54) is 12.8 Å². The Morgan fingerprint density at radius 3 is 2.50 bits per heavy atom. The van der Waals surface area contributed by atoms with Crippen LogP contribution in [0.25, 0.3) is 0 Å². The lowest BCUT2D eigenvalue weighted by Crippen LogP contribution is -2.42. The standard InChI is InChI=1S/C12H21NO3/c14-12(15)4-2-1-3-7-13-8-10-5-6-11(9-13)16-10/h10-11H,1-9H2,(H,14,15). The molecule has 2 saturated heterocycles. The van der Waals surface area contributed by atoms with Crippen LogP contribution >= 0.6 is 0 Å². The van der Waals surface area contributed by atoms with Gasteiger partial charge >= 0.3 is 5.97 Å². The van der Waals surface area contributed by atoms with E-state index in [1.54, 1.807) is 0 Å². The first kappa shape index (κ1) is 11.9. The summed E-state index contributed by atoms with van der Waals surface area (Å²) in [5, 5.41) is 8.51. The van der Waals surface area contributed by atoms with E-state index >= 15 is 0 Å². The van der Waals surface area contributed by atoms with Gasteiger partial charge in [0.1, 0.15) is 0 Å². The molecule has 0 aromatic rings. The molecule has 0 aromatic carbocycles. The van der Waals surface area contributed by atoms with Crippen LogP contribution in [-0.2, 0) is 9.53 Å². The highest BCUT2D eigenvalue weighted by Crippen LogP contribution is 2.26. The summed E-state index contributed by atoms with van der Waals surface area (Å²) in [5.74, 6) is -0.676. The Hall–Kier alpha value is -0.610. The molecule has 2 bridgehead atoms. The highest BCUT2D eigenvalue weighted by Gasteiger charge is 2.32. The molecule has 2 aliphatic heterocycles. The van der Waals surface area contributed by atoms with Gasteiger partial charge in [-0.25, -0.2) is 0 Å². The normalized spacial score (nSPS) is 29.5. The molecule has 2 rings (SSSR count). The van der Waals surface area contributed by atoms with Gasteiger partial charge in [0.2, 0.25) is 0 Å². The molecule has 1 N–H and O–H groups in total. The minimum atomic E-state index is -0.676. The van der Waals surface area contributed by atoms with Gasteiger partial charge in [-0.05, 0) is 32.2 Å². The lowest BCUT2D eigenvalue weighted by molar-refractivity contribution is -0.137. The zero-order valence-corrected chi connectivity index (χ0v) is 9.73. The average Bonchev–Trinajstić information content (AvgIpc) is 2.57. The number of fused-ring (bicyclic) bond motifs is 2. The number of hydrogen-bond donors (Lipinski definition) is 1. The quantitative estimate of drug-likeness (QED) is 0.698. The largest absolute Gasteiger partial charge is 0.481 e. The number of rotatable bonds is 6. The van der Waals surface area contributed by atoms with Gasteiger partial charge in [0, 0.05) is 19.5 Å². The summed E-state index contributed by atoms with van der Waals surface area (Å²) in [4.78, 5) is 12.8. The van der Waals surface area contributed by atoms with Gasteiger partial charge in [-0.1, -0.05) is 6.42 Å². The Morgan fingerprint density at radius 1 is 1.19 bits per heavy atom. The minimum absolute atomic E-state index is 0.314. The van der Waals surface area contributed by atoms with Gasteiger partial charge in [0.15, 0.2) is 0 Å². The second-order valence-corrected chi connectivity index (χ2v) is 4.92. The van der Waals surface area contributed by atoms with Crippen molar-refractivity contribution in [2.45, 2.75) is 50.7 Å². The van der Waals surface area contributed by atoms with Crippen LogP contribution in [0.3, 0.4) is 0 Å². The van der Waals surface area contributed by atoms with E-state index in [-0.39, 0.29) is 0 Å². The monoisotopic (exact) mass is 227 g/mol. The van der Waals surface area contributed by atoms with Gasteiger partial charge < -0.3 is 9.84 Å². The topological polar surface area (TPSA) is 49.8 Å². The maximum atomic E-state index is 10.3. The molecule has 0 aliphatic carbocycles. The number of likely N-dealkylation sites (tertiary alicyclic amines) is 1. The molecule has 2 heterocycles. The maximum Gasteiger partial charge on any atom is 0.303 e. The van der Waals surface area contributed by atoms with Crippen LogP contribution in [0.15, 0.2) is 0 Å². The number of carbonyl (C=O) groups is 1. The first-order valence-electron chi connectivity index (χ1n) is 6.33. The maximum absolute atomic E-state index is 10.3. The lowest BCUT2D eigenvalue weighted by atomic mass is 10.2. The molecule has 0 aromatic heterocycles. The van der Waals surface area contributed by atoms with Crippen molar-refractivity contribution in [3.8, 4) is 0 Å². The highest BCUT2D eigenvalue weighted by atomic mass is 16.5. The molecule has 0 saturated carbocycles. The van der Waals surface area contributed by atoms with Crippen molar-refractivity contribution in [1.82, 2.24) is 4.90 Å². The summed E-state index contributed by atoms with van der Waals surface area (Å²) < 4.78 is 5.77. The number of nitrogens with zero attached hydrogens (tertiary/aromatic N) is 1. The third-order valence-electron chi connectivity index (χ3n) is 3.48. The lowest BCUT2D eigenvalue weighted by Gasteiger charge is -2.31. The number of carboxylic acids is 1. The van der Waals surface area contributed by atoms with E-state index in [4.69, 9.17) is 9.84 Å². The average molecular weight is 227 g/mol. The molecule has 4 heteroatoms. The molecule has 0 amide bonds. The Balaban J connectivity index is 1.55. The molecule has 2 fully saturated rings. The molecule has 2 unspecified atom stereocenters. The molecule has 16 heavy (non-hydrogen) atoms. The third kappa shape index (κ3) is 3.46. The Kier molecular flexibility index (Phi) is 4.18. The smallest absolute Gasteiger partial charge is 0.303 e. The van der Waals surface area contributed by atoms with Crippen LogP contribution in [0.4, 0.5) is 0 Å². The van der Waals surface area contributed by atoms with E-state index in [9.17, 15) is 4.79 Å². The van der Waals surface area contributed by atoms with E-state index < -0.39 is 5.97 Å². The summed E-state index contributed by atoms with van der Waals surface area (Å²) in [6.45, 7) is 3.26. The zero-order valence-electron chi connectivity index (χ0n) is 9.73. The second-order valence-electron chi connectivity index (χ2n) is 4.92. The van der Waals surface area contributed by atoms with Crippen molar-refractivity contribution in [2.24, 2.45) is 0 Å². The first-order chi connectivity index (χ1) is 7.74. The van der Waals surface area contributed by atoms with E-state index in [1.807, 2.05) is 0 Å². The van der Waals surface area contributed by atoms with Crippen molar-refractivity contribution in [3.63, 3.8) is 0 Å². The molecular weight excluding hydrogens is 206 g/mol. The molecule has 0 radical (unpaired) electrons. The second kappa shape index (κ2) is 5.64. The van der Waals surface area contributed by atoms with Crippen molar-refractivity contribution >= 4 is 5.97 Å². The van der Waals surface area contributed by atoms with Gasteiger partial charge in [0.05, 0.1) is 12.2 Å². The van der Waals surface area contributed by atoms with Crippen LogP contribution in [0, 0.1) is 0 Å². The van der Waals surface area contributed by atoms with Crippen LogP contribution in [0.2, 0.25) is 0 Å². The molecule has 92 valence electrons. The van der Waals surface area contributed by atoms with Crippen molar-refractivity contribution < 1.29 is 14.6 Å².